The van der Waals surface area contributed by atoms with Gasteiger partial charge >= 0.3 is 5.97 Å². The molecule has 1 fully saturated rings. The summed E-state index contributed by atoms with van der Waals surface area (Å²) in [6.07, 6.45) is 2.70. The van der Waals surface area contributed by atoms with Crippen LogP contribution >= 0.6 is 0 Å². The normalized spacial score (nSPS) is 16.8. The molecular weight excluding hydrogens is 236 g/mol. The molecule has 0 unspecified atom stereocenters. The highest BCUT2D eigenvalue weighted by Gasteiger charge is 2.27. The summed E-state index contributed by atoms with van der Waals surface area (Å²) in [5, 5.41) is 8.87. The number of aliphatic carboxylic acids is 1. The number of aryl methyl sites for hydroxylation is 1. The van der Waals surface area contributed by atoms with Crippen LogP contribution in [0.2, 0.25) is 0 Å². The van der Waals surface area contributed by atoms with Crippen LogP contribution in [0.1, 0.15) is 24.4 Å². The number of aromatic nitrogens is 1. The molecule has 1 aliphatic heterocycles. The second-order valence-electron chi connectivity index (χ2n) is 4.55. The summed E-state index contributed by atoms with van der Waals surface area (Å²) < 4.78 is 5.13. The molecule has 1 saturated heterocycles. The minimum atomic E-state index is -0.773. The lowest BCUT2D eigenvalue weighted by molar-refractivity contribution is -0.145. The van der Waals surface area contributed by atoms with Gasteiger partial charge in [-0.15, -0.1) is 0 Å². The predicted octanol–water partition coefficient (Wildman–Crippen LogP) is 0.849. The molecule has 0 saturated carbocycles. The molecule has 1 aromatic heterocycles. The third kappa shape index (κ3) is 2.88. The van der Waals surface area contributed by atoms with E-state index in [2.05, 4.69) is 4.98 Å². The summed E-state index contributed by atoms with van der Waals surface area (Å²) in [7, 11) is 0. The molecule has 0 aromatic carbocycles. The molecule has 1 N–H and O–H groups in total. The summed E-state index contributed by atoms with van der Waals surface area (Å²) in [5.74, 6) is -0.734. The summed E-state index contributed by atoms with van der Waals surface area (Å²) in [4.78, 5) is 28.5. The SMILES string of the molecule is Cc1coc(CC(=O)N2CCC(C(=O)O)CC2)n1. The Balaban J connectivity index is 1.86. The third-order valence-electron chi connectivity index (χ3n) is 3.17. The largest absolute Gasteiger partial charge is 0.481 e. The van der Waals surface area contributed by atoms with Gasteiger partial charge in [0.15, 0.2) is 0 Å². The molecule has 0 radical (unpaired) electrons. The lowest BCUT2D eigenvalue weighted by Crippen LogP contribution is -2.41. The highest BCUT2D eigenvalue weighted by atomic mass is 16.4. The Labute approximate surface area is 105 Å². The van der Waals surface area contributed by atoms with Crippen LogP contribution in [0.15, 0.2) is 10.7 Å². The lowest BCUT2D eigenvalue weighted by atomic mass is 9.97. The number of piperidine rings is 1. The third-order valence-corrected chi connectivity index (χ3v) is 3.17. The fourth-order valence-electron chi connectivity index (χ4n) is 2.10. The average Bonchev–Trinajstić information content (AvgIpc) is 2.75. The topological polar surface area (TPSA) is 83.6 Å². The smallest absolute Gasteiger partial charge is 0.306 e. The molecule has 1 aromatic rings. The van der Waals surface area contributed by atoms with Crippen LogP contribution in [0.25, 0.3) is 0 Å². The van der Waals surface area contributed by atoms with Crippen LogP contribution in [-0.2, 0) is 16.0 Å². The molecule has 6 heteroatoms. The highest BCUT2D eigenvalue weighted by molar-refractivity contribution is 5.78. The number of oxazole rings is 1. The quantitative estimate of drug-likeness (QED) is 0.862. The van der Waals surface area contributed by atoms with E-state index >= 15 is 0 Å². The van der Waals surface area contributed by atoms with Gasteiger partial charge in [0.25, 0.3) is 0 Å². The zero-order chi connectivity index (χ0) is 13.1. The fourth-order valence-corrected chi connectivity index (χ4v) is 2.10. The van der Waals surface area contributed by atoms with Crippen LogP contribution in [0.4, 0.5) is 0 Å². The van der Waals surface area contributed by atoms with Gasteiger partial charge in [-0.05, 0) is 19.8 Å². The van der Waals surface area contributed by atoms with E-state index < -0.39 is 5.97 Å². The number of carbonyl (C=O) groups is 2. The molecule has 0 spiro atoms. The number of nitrogens with zero attached hydrogens (tertiary/aromatic N) is 2. The fraction of sp³-hybridized carbons (Fsp3) is 0.583. The molecule has 98 valence electrons. The molecule has 0 atom stereocenters. The van der Waals surface area contributed by atoms with E-state index in [9.17, 15) is 9.59 Å². The Morgan fingerprint density at radius 1 is 1.50 bits per heavy atom. The van der Waals surface area contributed by atoms with Gasteiger partial charge < -0.3 is 14.4 Å². The average molecular weight is 252 g/mol. The first kappa shape index (κ1) is 12.6. The van der Waals surface area contributed by atoms with Crippen LogP contribution in [0, 0.1) is 12.8 Å². The van der Waals surface area contributed by atoms with Gasteiger partial charge in [-0.2, -0.15) is 0 Å². The van der Waals surface area contributed by atoms with Crippen LogP contribution in [0.3, 0.4) is 0 Å². The van der Waals surface area contributed by atoms with E-state index in [1.54, 1.807) is 11.8 Å². The number of likely N-dealkylation sites (tertiary alicyclic amines) is 1. The van der Waals surface area contributed by atoms with Gasteiger partial charge in [-0.3, -0.25) is 9.59 Å². The van der Waals surface area contributed by atoms with Gasteiger partial charge in [-0.1, -0.05) is 0 Å². The molecule has 6 nitrogen and oxygen atoms in total. The first-order valence-corrected chi connectivity index (χ1v) is 5.98. The number of hydrogen-bond acceptors (Lipinski definition) is 4. The Kier molecular flexibility index (Phi) is 3.64. The van der Waals surface area contributed by atoms with Crippen molar-refractivity contribution < 1.29 is 19.1 Å². The van der Waals surface area contributed by atoms with Crippen LogP contribution in [0.5, 0.6) is 0 Å². The summed E-state index contributed by atoms with van der Waals surface area (Å²) in [5.41, 5.74) is 0.752. The minimum absolute atomic E-state index is 0.0549. The summed E-state index contributed by atoms with van der Waals surface area (Å²) in [6.45, 7) is 2.79. The van der Waals surface area contributed by atoms with E-state index in [0.29, 0.717) is 31.8 Å². The van der Waals surface area contributed by atoms with E-state index in [4.69, 9.17) is 9.52 Å². The first-order valence-electron chi connectivity index (χ1n) is 5.98. The van der Waals surface area contributed by atoms with E-state index in [1.807, 2.05) is 0 Å². The molecule has 2 rings (SSSR count). The molecule has 0 bridgehead atoms. The number of rotatable bonds is 3. The lowest BCUT2D eigenvalue weighted by Gasteiger charge is -2.29. The summed E-state index contributed by atoms with van der Waals surface area (Å²) in [6, 6.07) is 0. The van der Waals surface area contributed by atoms with Gasteiger partial charge in [0, 0.05) is 13.1 Å². The summed E-state index contributed by atoms with van der Waals surface area (Å²) >= 11 is 0. The Morgan fingerprint density at radius 2 is 2.17 bits per heavy atom. The number of amides is 1. The molecule has 2 heterocycles. The highest BCUT2D eigenvalue weighted by Crippen LogP contribution is 2.18. The van der Waals surface area contributed by atoms with Gasteiger partial charge in [0.2, 0.25) is 11.8 Å². The molecule has 1 amide bonds. The number of carboxylic acids is 1. The number of carbonyl (C=O) groups excluding carboxylic acids is 1. The van der Waals surface area contributed by atoms with Gasteiger partial charge in [-0.25, -0.2) is 4.98 Å². The Bertz CT molecular complexity index is 447. The van der Waals surface area contributed by atoms with Crippen molar-refractivity contribution in [1.82, 2.24) is 9.88 Å². The first-order chi connectivity index (χ1) is 8.56. The van der Waals surface area contributed by atoms with Crippen molar-refractivity contribution >= 4 is 11.9 Å². The molecule has 1 aliphatic rings. The monoisotopic (exact) mass is 252 g/mol. The molecular formula is C12H16N2O4. The number of carboxylic acid groups (broad SMARTS) is 1. The van der Waals surface area contributed by atoms with Crippen LogP contribution < -0.4 is 0 Å². The van der Waals surface area contributed by atoms with Crippen molar-refractivity contribution in [3.05, 3.63) is 17.8 Å². The maximum absolute atomic E-state index is 11.9. The minimum Gasteiger partial charge on any atom is -0.481 e. The van der Waals surface area contributed by atoms with Gasteiger partial charge in [0.1, 0.15) is 12.7 Å². The number of hydrogen-bond donors (Lipinski definition) is 1. The van der Waals surface area contributed by atoms with E-state index in [-0.39, 0.29) is 18.2 Å². The Morgan fingerprint density at radius 3 is 2.67 bits per heavy atom. The van der Waals surface area contributed by atoms with Crippen molar-refractivity contribution in [2.24, 2.45) is 5.92 Å². The molecule has 0 aliphatic carbocycles. The van der Waals surface area contributed by atoms with Crippen molar-refractivity contribution in [3.63, 3.8) is 0 Å². The zero-order valence-corrected chi connectivity index (χ0v) is 10.3. The maximum atomic E-state index is 11.9. The van der Waals surface area contributed by atoms with Gasteiger partial charge in [0.05, 0.1) is 11.6 Å². The second kappa shape index (κ2) is 5.20. The predicted molar refractivity (Wildman–Crippen MR) is 61.9 cm³/mol. The standard InChI is InChI=1S/C12H16N2O4/c1-8-7-18-10(13-8)6-11(15)14-4-2-9(3-5-14)12(16)17/h7,9H,2-6H2,1H3,(H,16,17). The van der Waals surface area contributed by atoms with E-state index in [1.165, 1.54) is 6.26 Å². The maximum Gasteiger partial charge on any atom is 0.306 e. The molecule has 18 heavy (non-hydrogen) atoms. The zero-order valence-electron chi connectivity index (χ0n) is 10.3. The van der Waals surface area contributed by atoms with Crippen LogP contribution in [-0.4, -0.2) is 40.0 Å². The van der Waals surface area contributed by atoms with Crippen molar-refractivity contribution in [2.45, 2.75) is 26.2 Å². The van der Waals surface area contributed by atoms with Crippen molar-refractivity contribution in [2.75, 3.05) is 13.1 Å². The van der Waals surface area contributed by atoms with Crippen molar-refractivity contribution in [3.8, 4) is 0 Å². The van der Waals surface area contributed by atoms with E-state index in [0.717, 1.165) is 5.69 Å². The second-order valence-corrected chi connectivity index (χ2v) is 4.55. The Hall–Kier alpha value is -1.85. The van der Waals surface area contributed by atoms with Crippen molar-refractivity contribution in [1.29, 1.82) is 0 Å².